The van der Waals surface area contributed by atoms with E-state index in [4.69, 9.17) is 5.73 Å². The van der Waals surface area contributed by atoms with Crippen LogP contribution in [-0.2, 0) is 6.54 Å². The van der Waals surface area contributed by atoms with Crippen molar-refractivity contribution in [3.63, 3.8) is 0 Å². The Bertz CT molecular complexity index is 390. The summed E-state index contributed by atoms with van der Waals surface area (Å²) in [5.41, 5.74) is 5.20. The molecule has 0 saturated carbocycles. The van der Waals surface area contributed by atoms with Gasteiger partial charge in [-0.2, -0.15) is 0 Å². The number of nitrogen functional groups attached to an aromatic ring is 1. The Morgan fingerprint density at radius 1 is 1.53 bits per heavy atom. The number of aliphatic hydroxyl groups excluding tert-OH is 1. The van der Waals surface area contributed by atoms with Gasteiger partial charge in [0.1, 0.15) is 0 Å². The van der Waals surface area contributed by atoms with Crippen molar-refractivity contribution in [2.24, 2.45) is 5.41 Å². The molecular weight excluding hydrogens is 192 g/mol. The lowest BCUT2D eigenvalue weighted by atomic mass is 9.89. The molecule has 0 aromatic carbocycles. The monoisotopic (exact) mass is 210 g/mol. The number of pyridine rings is 1. The molecule has 4 heteroatoms. The van der Waals surface area contributed by atoms with Gasteiger partial charge in [0.15, 0.2) is 0 Å². The van der Waals surface area contributed by atoms with Crippen molar-refractivity contribution in [2.45, 2.75) is 33.4 Å². The van der Waals surface area contributed by atoms with Gasteiger partial charge in [-0.1, -0.05) is 20.8 Å². The Balaban J connectivity index is 2.91. The number of hydrogen-bond donors (Lipinski definition) is 2. The van der Waals surface area contributed by atoms with Gasteiger partial charge in [0.25, 0.3) is 5.56 Å². The van der Waals surface area contributed by atoms with Crippen LogP contribution in [0.2, 0.25) is 0 Å². The summed E-state index contributed by atoms with van der Waals surface area (Å²) in [7, 11) is 0. The highest BCUT2D eigenvalue weighted by atomic mass is 16.3. The zero-order valence-electron chi connectivity index (χ0n) is 9.40. The van der Waals surface area contributed by atoms with Gasteiger partial charge in [-0.15, -0.1) is 0 Å². The van der Waals surface area contributed by atoms with Gasteiger partial charge in [0.2, 0.25) is 0 Å². The maximum Gasteiger partial charge on any atom is 0.273 e. The zero-order valence-corrected chi connectivity index (χ0v) is 9.40. The van der Waals surface area contributed by atoms with Crippen LogP contribution in [-0.4, -0.2) is 15.8 Å². The number of hydrogen-bond acceptors (Lipinski definition) is 3. The lowest BCUT2D eigenvalue weighted by Crippen LogP contribution is -2.35. The van der Waals surface area contributed by atoms with E-state index < -0.39 is 6.10 Å². The molecule has 0 saturated heterocycles. The van der Waals surface area contributed by atoms with E-state index in [0.717, 1.165) is 0 Å². The number of nitrogens with two attached hydrogens (primary N) is 1. The van der Waals surface area contributed by atoms with E-state index >= 15 is 0 Å². The molecule has 0 fully saturated rings. The first-order valence-corrected chi connectivity index (χ1v) is 4.95. The maximum atomic E-state index is 11.6. The summed E-state index contributed by atoms with van der Waals surface area (Å²) in [6, 6.07) is 3.26. The Kier molecular flexibility index (Phi) is 3.19. The van der Waals surface area contributed by atoms with Crippen molar-refractivity contribution < 1.29 is 5.11 Å². The van der Waals surface area contributed by atoms with Crippen LogP contribution in [0.4, 0.5) is 5.69 Å². The fourth-order valence-corrected chi connectivity index (χ4v) is 1.16. The molecule has 0 aliphatic heterocycles. The highest BCUT2D eigenvalue weighted by molar-refractivity contribution is 5.33. The minimum absolute atomic E-state index is 0.207. The first-order chi connectivity index (χ1) is 6.82. The Labute approximate surface area is 89.3 Å². The van der Waals surface area contributed by atoms with E-state index in [9.17, 15) is 9.90 Å². The third-order valence-electron chi connectivity index (χ3n) is 2.42. The molecule has 1 heterocycles. The molecule has 1 aromatic rings. The van der Waals surface area contributed by atoms with Gasteiger partial charge in [0.05, 0.1) is 18.3 Å². The summed E-state index contributed by atoms with van der Waals surface area (Å²) in [4.78, 5) is 11.6. The molecule has 0 bridgehead atoms. The molecule has 4 nitrogen and oxygen atoms in total. The van der Waals surface area contributed by atoms with Crippen molar-refractivity contribution in [1.29, 1.82) is 0 Å². The third kappa shape index (κ3) is 2.83. The predicted molar refractivity (Wildman–Crippen MR) is 60.6 cm³/mol. The van der Waals surface area contributed by atoms with Crippen molar-refractivity contribution >= 4 is 5.69 Å². The van der Waals surface area contributed by atoms with E-state index in [1.54, 1.807) is 18.3 Å². The second-order valence-electron chi connectivity index (χ2n) is 4.80. The Morgan fingerprint density at radius 2 is 2.13 bits per heavy atom. The summed E-state index contributed by atoms with van der Waals surface area (Å²) in [5.74, 6) is 0. The Hall–Kier alpha value is -1.29. The van der Waals surface area contributed by atoms with E-state index in [0.29, 0.717) is 0 Å². The summed E-state index contributed by atoms with van der Waals surface area (Å²) < 4.78 is 1.44. The smallest absolute Gasteiger partial charge is 0.273 e. The molecule has 15 heavy (non-hydrogen) atoms. The van der Waals surface area contributed by atoms with Gasteiger partial charge in [-0.25, -0.2) is 0 Å². The predicted octanol–water partition coefficient (Wildman–Crippen LogP) is 0.838. The molecule has 1 unspecified atom stereocenters. The van der Waals surface area contributed by atoms with Crippen molar-refractivity contribution in [2.75, 3.05) is 5.73 Å². The molecule has 0 amide bonds. The average Bonchev–Trinajstić information content (AvgIpc) is 2.11. The number of aliphatic hydroxyl groups is 1. The summed E-state index contributed by atoms with van der Waals surface area (Å²) in [5, 5.41) is 9.85. The van der Waals surface area contributed by atoms with Gasteiger partial charge in [-0.3, -0.25) is 4.79 Å². The van der Waals surface area contributed by atoms with Crippen LogP contribution in [0.1, 0.15) is 20.8 Å². The molecule has 0 aliphatic rings. The average molecular weight is 210 g/mol. The minimum Gasteiger partial charge on any atom is -0.394 e. The van der Waals surface area contributed by atoms with Crippen LogP contribution < -0.4 is 11.3 Å². The molecule has 0 radical (unpaired) electrons. The van der Waals surface area contributed by atoms with Crippen molar-refractivity contribution in [1.82, 2.24) is 4.57 Å². The maximum absolute atomic E-state index is 11.6. The van der Waals surface area contributed by atoms with Gasteiger partial charge < -0.3 is 15.4 Å². The highest BCUT2D eigenvalue weighted by Gasteiger charge is 2.22. The lowest BCUT2D eigenvalue weighted by molar-refractivity contribution is 0.0473. The summed E-state index contributed by atoms with van der Waals surface area (Å²) in [6.45, 7) is 6.05. The SMILES string of the molecule is CC(C)(C)C(O)Cn1cccc(N)c1=O. The van der Waals surface area contributed by atoms with Crippen LogP contribution in [0.15, 0.2) is 23.1 Å². The van der Waals surface area contributed by atoms with Crippen molar-refractivity contribution in [3.05, 3.63) is 28.7 Å². The number of rotatable bonds is 2. The quantitative estimate of drug-likeness (QED) is 0.760. The fourth-order valence-electron chi connectivity index (χ4n) is 1.16. The molecule has 0 spiro atoms. The number of aromatic nitrogens is 1. The summed E-state index contributed by atoms with van der Waals surface area (Å²) in [6.07, 6.45) is 1.06. The zero-order chi connectivity index (χ0) is 11.6. The number of anilines is 1. The van der Waals surface area contributed by atoms with Gasteiger partial charge in [-0.05, 0) is 17.5 Å². The summed E-state index contributed by atoms with van der Waals surface area (Å²) >= 11 is 0. The van der Waals surface area contributed by atoms with E-state index in [2.05, 4.69) is 0 Å². The normalized spacial score (nSPS) is 13.9. The first kappa shape index (κ1) is 11.8. The van der Waals surface area contributed by atoms with Crippen LogP contribution in [0.25, 0.3) is 0 Å². The molecule has 84 valence electrons. The third-order valence-corrected chi connectivity index (χ3v) is 2.42. The molecular formula is C11H18N2O2. The largest absolute Gasteiger partial charge is 0.394 e. The molecule has 1 atom stereocenters. The van der Waals surface area contributed by atoms with Gasteiger partial charge >= 0.3 is 0 Å². The fraction of sp³-hybridized carbons (Fsp3) is 0.545. The van der Waals surface area contributed by atoms with Crippen LogP contribution >= 0.6 is 0 Å². The van der Waals surface area contributed by atoms with Crippen LogP contribution in [0.5, 0.6) is 0 Å². The lowest BCUT2D eigenvalue weighted by Gasteiger charge is -2.26. The van der Waals surface area contributed by atoms with Gasteiger partial charge in [0, 0.05) is 6.20 Å². The molecule has 0 aliphatic carbocycles. The molecule has 1 aromatic heterocycles. The molecule has 1 rings (SSSR count). The highest BCUT2D eigenvalue weighted by Crippen LogP contribution is 2.19. The number of nitrogens with zero attached hydrogens (tertiary/aromatic N) is 1. The van der Waals surface area contributed by atoms with Crippen LogP contribution in [0, 0.1) is 5.41 Å². The standard InChI is InChI=1S/C11H18N2O2/c1-11(2,3)9(14)7-13-6-4-5-8(12)10(13)15/h4-6,9,14H,7,12H2,1-3H3. The van der Waals surface area contributed by atoms with E-state index in [1.165, 1.54) is 4.57 Å². The van der Waals surface area contributed by atoms with Crippen LogP contribution in [0.3, 0.4) is 0 Å². The Morgan fingerprint density at radius 3 is 2.67 bits per heavy atom. The molecule has 3 N–H and O–H groups in total. The minimum atomic E-state index is -0.572. The first-order valence-electron chi connectivity index (χ1n) is 4.95. The van der Waals surface area contributed by atoms with Crippen molar-refractivity contribution in [3.8, 4) is 0 Å². The van der Waals surface area contributed by atoms with E-state index in [1.807, 2.05) is 20.8 Å². The second-order valence-corrected chi connectivity index (χ2v) is 4.80. The van der Waals surface area contributed by atoms with E-state index in [-0.39, 0.29) is 23.2 Å². The second kappa shape index (κ2) is 4.06. The topological polar surface area (TPSA) is 68.2 Å².